The summed E-state index contributed by atoms with van der Waals surface area (Å²) >= 11 is 0. The van der Waals surface area contributed by atoms with Crippen molar-refractivity contribution in [1.29, 1.82) is 5.26 Å². The Balaban J connectivity index is 2.11. The number of nitrogens with zero attached hydrogens (tertiary/aromatic N) is 5. The lowest BCUT2D eigenvalue weighted by Crippen LogP contribution is -1.99. The molecular weight excluding hydrogens is 234 g/mol. The summed E-state index contributed by atoms with van der Waals surface area (Å²) < 4.78 is 10.6. The molecule has 7 heteroatoms. The predicted octanol–water partition coefficient (Wildman–Crippen LogP) is 0.669. The Hall–Kier alpha value is -2.62. The molecule has 0 fully saturated rings. The normalized spacial score (nSPS) is 9.83. The quantitative estimate of drug-likeness (QED) is 0.786. The molecule has 2 aromatic rings. The van der Waals surface area contributed by atoms with Gasteiger partial charge >= 0.3 is 0 Å². The SMILES string of the molecule is COc1cc(C#N)cc(OCc2nnn(C)n2)c1. The van der Waals surface area contributed by atoms with Gasteiger partial charge in [-0.05, 0) is 17.3 Å². The van der Waals surface area contributed by atoms with Gasteiger partial charge in [0.05, 0.1) is 25.8 Å². The van der Waals surface area contributed by atoms with Gasteiger partial charge in [0.25, 0.3) is 0 Å². The van der Waals surface area contributed by atoms with E-state index in [0.29, 0.717) is 22.9 Å². The van der Waals surface area contributed by atoms with Gasteiger partial charge in [0.1, 0.15) is 11.5 Å². The standard InChI is InChI=1S/C11H11N5O2/c1-16-14-11(13-15-16)7-18-10-4-8(6-12)3-9(5-10)17-2/h3-5H,7H2,1-2H3. The summed E-state index contributed by atoms with van der Waals surface area (Å²) in [6.45, 7) is 0.186. The maximum Gasteiger partial charge on any atom is 0.212 e. The highest BCUT2D eigenvalue weighted by Gasteiger charge is 2.05. The topological polar surface area (TPSA) is 85.9 Å². The van der Waals surface area contributed by atoms with Crippen molar-refractivity contribution in [2.45, 2.75) is 6.61 Å². The molecule has 1 aromatic carbocycles. The number of nitriles is 1. The molecule has 0 N–H and O–H groups in total. The number of ether oxygens (including phenoxy) is 2. The van der Waals surface area contributed by atoms with E-state index in [2.05, 4.69) is 15.4 Å². The van der Waals surface area contributed by atoms with Crippen LogP contribution < -0.4 is 9.47 Å². The zero-order chi connectivity index (χ0) is 13.0. The van der Waals surface area contributed by atoms with Crippen LogP contribution in [0.1, 0.15) is 11.4 Å². The van der Waals surface area contributed by atoms with Gasteiger partial charge in [-0.1, -0.05) is 0 Å². The van der Waals surface area contributed by atoms with E-state index in [-0.39, 0.29) is 6.61 Å². The average Bonchev–Trinajstić information content (AvgIpc) is 2.81. The largest absolute Gasteiger partial charge is 0.497 e. The Morgan fingerprint density at radius 1 is 1.33 bits per heavy atom. The zero-order valence-corrected chi connectivity index (χ0v) is 9.99. The number of hydrogen-bond donors (Lipinski definition) is 0. The second-order valence-corrected chi connectivity index (χ2v) is 3.49. The first-order chi connectivity index (χ1) is 8.71. The van der Waals surface area contributed by atoms with Crippen LogP contribution in [0.25, 0.3) is 0 Å². The maximum absolute atomic E-state index is 8.87. The molecule has 0 spiro atoms. The van der Waals surface area contributed by atoms with E-state index >= 15 is 0 Å². The van der Waals surface area contributed by atoms with Crippen LogP contribution in [0.15, 0.2) is 18.2 Å². The molecule has 1 heterocycles. The van der Waals surface area contributed by atoms with Crippen LogP contribution >= 0.6 is 0 Å². The van der Waals surface area contributed by atoms with Gasteiger partial charge < -0.3 is 9.47 Å². The highest BCUT2D eigenvalue weighted by Crippen LogP contribution is 2.22. The van der Waals surface area contributed by atoms with Crippen LogP contribution in [-0.4, -0.2) is 27.3 Å². The van der Waals surface area contributed by atoms with Crippen LogP contribution in [0, 0.1) is 11.3 Å². The number of benzene rings is 1. The van der Waals surface area contributed by atoms with Crippen LogP contribution in [0.4, 0.5) is 0 Å². The van der Waals surface area contributed by atoms with Crippen molar-refractivity contribution >= 4 is 0 Å². The molecule has 2 rings (SSSR count). The Labute approximate surface area is 104 Å². The first-order valence-electron chi connectivity index (χ1n) is 5.16. The molecule has 92 valence electrons. The monoisotopic (exact) mass is 245 g/mol. The van der Waals surface area contributed by atoms with Crippen molar-refractivity contribution in [2.75, 3.05) is 7.11 Å². The summed E-state index contributed by atoms with van der Waals surface area (Å²) in [6.07, 6.45) is 0. The Morgan fingerprint density at radius 3 is 2.72 bits per heavy atom. The lowest BCUT2D eigenvalue weighted by Gasteiger charge is -2.06. The number of tetrazole rings is 1. The van der Waals surface area contributed by atoms with Crippen molar-refractivity contribution in [2.24, 2.45) is 7.05 Å². The Bertz CT molecular complexity index is 587. The molecule has 0 aliphatic carbocycles. The second kappa shape index (κ2) is 5.14. The van der Waals surface area contributed by atoms with Crippen molar-refractivity contribution < 1.29 is 9.47 Å². The zero-order valence-electron chi connectivity index (χ0n) is 9.99. The Morgan fingerprint density at radius 2 is 2.11 bits per heavy atom. The van der Waals surface area contributed by atoms with Gasteiger partial charge in [-0.15, -0.1) is 10.2 Å². The van der Waals surface area contributed by atoms with Crippen LogP contribution in [0.2, 0.25) is 0 Å². The molecule has 0 aliphatic heterocycles. The minimum Gasteiger partial charge on any atom is -0.497 e. The fraction of sp³-hybridized carbons (Fsp3) is 0.273. The summed E-state index contributed by atoms with van der Waals surface area (Å²) in [4.78, 5) is 1.35. The molecule has 0 atom stereocenters. The van der Waals surface area contributed by atoms with E-state index in [1.807, 2.05) is 6.07 Å². The van der Waals surface area contributed by atoms with Crippen molar-refractivity contribution in [3.05, 3.63) is 29.6 Å². The number of aryl methyl sites for hydroxylation is 1. The fourth-order valence-electron chi connectivity index (χ4n) is 1.37. The molecule has 1 aromatic heterocycles. The maximum atomic E-state index is 8.87. The number of aromatic nitrogens is 4. The van der Waals surface area contributed by atoms with E-state index in [1.54, 1.807) is 25.2 Å². The van der Waals surface area contributed by atoms with Gasteiger partial charge in [-0.2, -0.15) is 10.1 Å². The minimum absolute atomic E-state index is 0.186. The summed E-state index contributed by atoms with van der Waals surface area (Å²) in [5.41, 5.74) is 0.469. The molecule has 0 bridgehead atoms. The smallest absolute Gasteiger partial charge is 0.212 e. The van der Waals surface area contributed by atoms with Gasteiger partial charge in [0, 0.05) is 6.07 Å². The molecule has 0 aliphatic rings. The molecule has 0 amide bonds. The number of hydrogen-bond acceptors (Lipinski definition) is 6. The molecular formula is C11H11N5O2. The Kier molecular flexibility index (Phi) is 3.38. The summed E-state index contributed by atoms with van der Waals surface area (Å²) in [5, 5.41) is 20.3. The third-order valence-electron chi connectivity index (χ3n) is 2.16. The van der Waals surface area contributed by atoms with Gasteiger partial charge in [0.15, 0.2) is 6.61 Å². The summed E-state index contributed by atoms with van der Waals surface area (Å²) in [5.74, 6) is 1.56. The first kappa shape index (κ1) is 11.9. The highest BCUT2D eigenvalue weighted by atomic mass is 16.5. The lowest BCUT2D eigenvalue weighted by molar-refractivity contribution is 0.293. The van der Waals surface area contributed by atoms with E-state index in [0.717, 1.165) is 0 Å². The molecule has 0 saturated heterocycles. The predicted molar refractivity (Wildman–Crippen MR) is 60.8 cm³/mol. The lowest BCUT2D eigenvalue weighted by atomic mass is 10.2. The molecule has 7 nitrogen and oxygen atoms in total. The first-order valence-corrected chi connectivity index (χ1v) is 5.16. The average molecular weight is 245 g/mol. The second-order valence-electron chi connectivity index (χ2n) is 3.49. The van der Waals surface area contributed by atoms with Gasteiger partial charge in [-0.3, -0.25) is 0 Å². The highest BCUT2D eigenvalue weighted by molar-refractivity contribution is 5.43. The van der Waals surface area contributed by atoms with Crippen molar-refractivity contribution in [3.63, 3.8) is 0 Å². The van der Waals surface area contributed by atoms with Crippen molar-refractivity contribution in [3.8, 4) is 17.6 Å². The summed E-state index contributed by atoms with van der Waals surface area (Å²) in [7, 11) is 3.21. The summed E-state index contributed by atoms with van der Waals surface area (Å²) in [6, 6.07) is 6.98. The fourth-order valence-corrected chi connectivity index (χ4v) is 1.37. The number of methoxy groups -OCH3 is 1. The molecule has 0 radical (unpaired) electrons. The van der Waals surface area contributed by atoms with Crippen LogP contribution in [0.3, 0.4) is 0 Å². The minimum atomic E-state index is 0.186. The van der Waals surface area contributed by atoms with E-state index < -0.39 is 0 Å². The van der Waals surface area contributed by atoms with Crippen LogP contribution in [-0.2, 0) is 13.7 Å². The van der Waals surface area contributed by atoms with E-state index in [1.165, 1.54) is 11.9 Å². The third-order valence-corrected chi connectivity index (χ3v) is 2.16. The molecule has 18 heavy (non-hydrogen) atoms. The van der Waals surface area contributed by atoms with Crippen LogP contribution in [0.5, 0.6) is 11.5 Å². The van der Waals surface area contributed by atoms with E-state index in [9.17, 15) is 0 Å². The van der Waals surface area contributed by atoms with E-state index in [4.69, 9.17) is 14.7 Å². The third kappa shape index (κ3) is 2.74. The molecule has 0 saturated carbocycles. The number of rotatable bonds is 4. The van der Waals surface area contributed by atoms with Gasteiger partial charge in [-0.25, -0.2) is 0 Å². The van der Waals surface area contributed by atoms with Gasteiger partial charge in [0.2, 0.25) is 5.82 Å². The molecule has 0 unspecified atom stereocenters. The van der Waals surface area contributed by atoms with Crippen molar-refractivity contribution in [1.82, 2.24) is 20.2 Å².